The van der Waals surface area contributed by atoms with E-state index in [9.17, 15) is 0 Å². The molecule has 0 amide bonds. The van der Waals surface area contributed by atoms with Crippen LogP contribution in [0.15, 0.2) is 133 Å². The molecule has 1 aromatic heterocycles. The van der Waals surface area contributed by atoms with Crippen molar-refractivity contribution in [2.75, 3.05) is 0 Å². The minimum atomic E-state index is 0.311. The predicted octanol–water partition coefficient (Wildman–Crippen LogP) is 7.33. The van der Waals surface area contributed by atoms with Gasteiger partial charge in [0.15, 0.2) is 0 Å². The van der Waals surface area contributed by atoms with Crippen LogP contribution in [0.4, 0.5) is 0 Å². The molecule has 4 aromatic carbocycles. The van der Waals surface area contributed by atoms with Crippen LogP contribution in [0.25, 0.3) is 35.8 Å². The van der Waals surface area contributed by atoms with Gasteiger partial charge in [0.2, 0.25) is 0 Å². The van der Waals surface area contributed by atoms with E-state index in [1.807, 2.05) is 0 Å². The first-order chi connectivity index (χ1) is 17.3. The second kappa shape index (κ2) is 10.2. The van der Waals surface area contributed by atoms with E-state index in [0.717, 1.165) is 0 Å². The molecule has 0 N–H and O–H groups in total. The Hall–Kier alpha value is -3.25. The van der Waals surface area contributed by atoms with Gasteiger partial charge in [0.05, 0.1) is 0 Å². The number of hydrogen-bond acceptors (Lipinski definition) is 0. The average Bonchev–Trinajstić information content (AvgIpc) is 2.93. The molecule has 0 saturated heterocycles. The monoisotopic (exact) mass is 579 g/mol. The van der Waals surface area contributed by atoms with Crippen molar-refractivity contribution in [3.63, 3.8) is 0 Å². The van der Waals surface area contributed by atoms with Crippen LogP contribution < -0.4 is 4.46 Å². The summed E-state index contributed by atoms with van der Waals surface area (Å²) in [6.07, 6.45) is 9.17. The summed E-state index contributed by atoms with van der Waals surface area (Å²) in [6, 6.07) is 41.7. The Kier molecular flexibility index (Phi) is 6.45. The number of allylic oxidation sites excluding steroid dienone is 4. The molecule has 0 fully saturated rings. The molecule has 2 heterocycles. The van der Waals surface area contributed by atoms with E-state index >= 15 is 0 Å². The summed E-state index contributed by atoms with van der Waals surface area (Å²) in [7, 11) is 0. The van der Waals surface area contributed by atoms with Crippen LogP contribution in [0.1, 0.15) is 16.7 Å². The third-order valence-electron chi connectivity index (χ3n) is 6.08. The molecule has 1 aliphatic heterocycles. The van der Waals surface area contributed by atoms with Crippen LogP contribution in [0, 0.1) is 0 Å². The normalized spacial score (nSPS) is 14.3. The van der Waals surface area contributed by atoms with Crippen molar-refractivity contribution >= 4 is 59.7 Å². The van der Waals surface area contributed by atoms with Gasteiger partial charge in [-0.15, -0.1) is 0 Å². The summed E-state index contributed by atoms with van der Waals surface area (Å²) in [5, 5.41) is 1.36. The Bertz CT molecular complexity index is 1590. The fourth-order valence-electron chi connectivity index (χ4n) is 4.34. The third kappa shape index (κ3) is 4.80. The van der Waals surface area contributed by atoms with Crippen molar-refractivity contribution in [2.45, 2.75) is 0 Å². The summed E-state index contributed by atoms with van der Waals surface area (Å²) in [5.41, 5.74) is 6.57. The Balaban J connectivity index is 1.43. The molecule has 0 aliphatic carbocycles. The van der Waals surface area contributed by atoms with E-state index in [2.05, 4.69) is 140 Å². The molecule has 0 spiro atoms. The van der Waals surface area contributed by atoms with Gasteiger partial charge >= 0.3 is 220 Å². The zero-order valence-electron chi connectivity index (χ0n) is 19.1. The topological polar surface area (TPSA) is 0 Å². The molecule has 0 bridgehead atoms. The Morgan fingerprint density at radius 1 is 0.657 bits per heavy atom. The molecular weight excluding hydrogens is 554 g/mol. The third-order valence-corrected chi connectivity index (χ3v) is 10.9. The maximum atomic E-state index is 2.38. The van der Waals surface area contributed by atoms with Gasteiger partial charge in [0.1, 0.15) is 0 Å². The molecule has 0 nitrogen and oxygen atoms in total. The van der Waals surface area contributed by atoms with Gasteiger partial charge in [0, 0.05) is 0 Å². The van der Waals surface area contributed by atoms with Crippen molar-refractivity contribution in [2.24, 2.45) is 0 Å². The van der Waals surface area contributed by atoms with E-state index in [-0.39, 0.29) is 0 Å². The van der Waals surface area contributed by atoms with Gasteiger partial charge < -0.3 is 0 Å². The summed E-state index contributed by atoms with van der Waals surface area (Å²) in [6.45, 7) is 0. The van der Waals surface area contributed by atoms with Crippen molar-refractivity contribution in [1.82, 2.24) is 0 Å². The molecule has 0 atom stereocenters. The number of fused-ring (bicyclic) bond motifs is 2. The number of hydrogen-bond donors (Lipinski definition) is 0. The first-order valence-electron chi connectivity index (χ1n) is 11.7. The Morgan fingerprint density at radius 2 is 1.34 bits per heavy atom. The van der Waals surface area contributed by atoms with E-state index < -0.39 is 0 Å². The minimum absolute atomic E-state index is 0.311. The molecule has 35 heavy (non-hydrogen) atoms. The SMILES string of the molecule is C1=C(c2ccccc2)[Se]c2ccccc2/C1=C/C=C/c1cc(-c2ccccc2)[se+]c2ccccc12. The van der Waals surface area contributed by atoms with Crippen LogP contribution in [0.2, 0.25) is 0 Å². The van der Waals surface area contributed by atoms with Crippen LogP contribution >= 0.6 is 0 Å². The van der Waals surface area contributed by atoms with Gasteiger partial charge in [0.25, 0.3) is 0 Å². The standard InChI is InChI=1S/C33H23Se2/c1-3-12-24(13-4-1)32-22-26(28-18-7-9-20-30(28)34-32)16-11-17-27-23-33(25-14-5-2-6-15-25)35-31-21-10-8-19-29(27)31/h1-23H/q+1. The predicted molar refractivity (Wildman–Crippen MR) is 154 cm³/mol. The van der Waals surface area contributed by atoms with Gasteiger partial charge in [-0.05, 0) is 0 Å². The van der Waals surface area contributed by atoms with Gasteiger partial charge in [-0.2, -0.15) is 0 Å². The molecule has 0 unspecified atom stereocenters. The van der Waals surface area contributed by atoms with Crippen LogP contribution in [-0.4, -0.2) is 29.5 Å². The fourth-order valence-corrected chi connectivity index (χ4v) is 9.04. The molecule has 166 valence electrons. The Labute approximate surface area is 218 Å². The van der Waals surface area contributed by atoms with Crippen LogP contribution in [-0.2, 0) is 0 Å². The number of rotatable bonds is 4. The van der Waals surface area contributed by atoms with Crippen molar-refractivity contribution in [3.05, 3.63) is 150 Å². The molecule has 0 saturated carbocycles. The molecule has 0 radical (unpaired) electrons. The first kappa shape index (κ1) is 22.2. The first-order valence-corrected chi connectivity index (χ1v) is 15.1. The summed E-state index contributed by atoms with van der Waals surface area (Å²) < 4.78 is 5.76. The van der Waals surface area contributed by atoms with E-state index in [1.165, 1.54) is 50.8 Å². The summed E-state index contributed by atoms with van der Waals surface area (Å²) in [4.78, 5) is 0. The fraction of sp³-hybridized carbons (Fsp3) is 0. The van der Waals surface area contributed by atoms with Gasteiger partial charge in [-0.1, -0.05) is 0 Å². The van der Waals surface area contributed by atoms with Gasteiger partial charge in [-0.25, -0.2) is 0 Å². The van der Waals surface area contributed by atoms with Crippen molar-refractivity contribution in [1.29, 1.82) is 0 Å². The van der Waals surface area contributed by atoms with E-state index in [0.29, 0.717) is 29.5 Å². The summed E-state index contributed by atoms with van der Waals surface area (Å²) >= 11 is 0.622. The maximum absolute atomic E-state index is 2.38. The zero-order valence-corrected chi connectivity index (χ0v) is 22.5. The van der Waals surface area contributed by atoms with Gasteiger partial charge in [-0.3, -0.25) is 0 Å². The molecule has 5 aromatic rings. The molecule has 1 aliphatic rings. The van der Waals surface area contributed by atoms with Crippen LogP contribution in [0.3, 0.4) is 0 Å². The molecule has 2 heteroatoms. The van der Waals surface area contributed by atoms with Crippen LogP contribution in [0.5, 0.6) is 0 Å². The quantitative estimate of drug-likeness (QED) is 0.196. The Morgan fingerprint density at radius 3 is 2.17 bits per heavy atom. The van der Waals surface area contributed by atoms with E-state index in [1.54, 1.807) is 0 Å². The molecule has 6 rings (SSSR count). The summed E-state index contributed by atoms with van der Waals surface area (Å²) in [5.74, 6) is 0. The van der Waals surface area contributed by atoms with Crippen molar-refractivity contribution in [3.8, 4) is 10.0 Å². The second-order valence-electron chi connectivity index (χ2n) is 8.38. The number of benzene rings is 4. The second-order valence-corrected chi connectivity index (χ2v) is 12.9. The van der Waals surface area contributed by atoms with Crippen molar-refractivity contribution < 1.29 is 0 Å². The average molecular weight is 577 g/mol. The molecular formula is C33H23Se2+. The van der Waals surface area contributed by atoms with E-state index in [4.69, 9.17) is 0 Å². The zero-order chi connectivity index (χ0) is 23.5.